The van der Waals surface area contributed by atoms with Crippen LogP contribution in [0.25, 0.3) is 5.65 Å². The van der Waals surface area contributed by atoms with E-state index in [0.717, 1.165) is 11.3 Å². The van der Waals surface area contributed by atoms with Gasteiger partial charge in [-0.1, -0.05) is 6.07 Å². The molecule has 6 nitrogen and oxygen atoms in total. The van der Waals surface area contributed by atoms with Crippen LogP contribution in [0.4, 0.5) is 5.69 Å². The van der Waals surface area contributed by atoms with Gasteiger partial charge in [-0.25, -0.2) is 4.98 Å². The van der Waals surface area contributed by atoms with Gasteiger partial charge < -0.3 is 14.5 Å². The lowest BCUT2D eigenvalue weighted by Gasteiger charge is -2.07. The number of hydrogen-bond donors (Lipinski definition) is 1. The molecular weight excluding hydrogens is 340 g/mol. The number of nitrogens with one attached hydrogen (secondary N) is 1. The SMILES string of the molecule is Cc1ccc2nc(COc3ccc(C(=O)Nc4cccnc4)cc3)cn2c1. The first kappa shape index (κ1) is 16.8. The van der Waals surface area contributed by atoms with Crippen LogP contribution in [-0.4, -0.2) is 20.3 Å². The lowest BCUT2D eigenvalue weighted by Crippen LogP contribution is -2.11. The second-order valence-corrected chi connectivity index (χ2v) is 6.21. The number of hydrogen-bond acceptors (Lipinski definition) is 4. The van der Waals surface area contributed by atoms with Gasteiger partial charge in [0.15, 0.2) is 0 Å². The van der Waals surface area contributed by atoms with Gasteiger partial charge in [0.2, 0.25) is 0 Å². The molecule has 0 aliphatic rings. The van der Waals surface area contributed by atoms with Gasteiger partial charge in [-0.05, 0) is 55.0 Å². The number of anilines is 1. The molecule has 1 N–H and O–H groups in total. The van der Waals surface area contributed by atoms with Crippen LogP contribution in [0, 0.1) is 6.92 Å². The van der Waals surface area contributed by atoms with Crippen LogP contribution in [-0.2, 0) is 6.61 Å². The summed E-state index contributed by atoms with van der Waals surface area (Å²) in [6.07, 6.45) is 7.25. The Balaban J connectivity index is 1.39. The summed E-state index contributed by atoms with van der Waals surface area (Å²) in [5.41, 5.74) is 4.12. The fourth-order valence-electron chi connectivity index (χ4n) is 2.72. The van der Waals surface area contributed by atoms with E-state index in [1.165, 1.54) is 5.56 Å². The van der Waals surface area contributed by atoms with Crippen molar-refractivity contribution >= 4 is 17.2 Å². The molecule has 27 heavy (non-hydrogen) atoms. The highest BCUT2D eigenvalue weighted by atomic mass is 16.5. The number of carbonyl (C=O) groups excluding carboxylic acids is 1. The first-order chi connectivity index (χ1) is 13.2. The molecule has 3 aromatic heterocycles. The van der Waals surface area contributed by atoms with Crippen LogP contribution in [0.3, 0.4) is 0 Å². The number of fused-ring (bicyclic) bond motifs is 1. The van der Waals surface area contributed by atoms with Crippen LogP contribution in [0.15, 0.2) is 73.3 Å². The Labute approximate surface area is 156 Å². The number of pyridine rings is 2. The van der Waals surface area contributed by atoms with Crippen LogP contribution in [0.1, 0.15) is 21.6 Å². The third-order valence-electron chi connectivity index (χ3n) is 4.07. The van der Waals surface area contributed by atoms with Crippen molar-refractivity contribution in [3.63, 3.8) is 0 Å². The minimum Gasteiger partial charge on any atom is -0.487 e. The zero-order chi connectivity index (χ0) is 18.6. The second kappa shape index (κ2) is 7.29. The molecule has 0 saturated carbocycles. The maximum Gasteiger partial charge on any atom is 0.255 e. The number of ether oxygens (including phenoxy) is 1. The van der Waals surface area contributed by atoms with E-state index in [1.54, 1.807) is 48.8 Å². The summed E-state index contributed by atoms with van der Waals surface area (Å²) in [6.45, 7) is 2.41. The zero-order valence-electron chi connectivity index (χ0n) is 14.8. The minimum atomic E-state index is -0.190. The fraction of sp³-hybridized carbons (Fsp3) is 0.0952. The van der Waals surface area contributed by atoms with Crippen LogP contribution in [0.5, 0.6) is 5.75 Å². The number of amides is 1. The molecule has 0 bridgehead atoms. The lowest BCUT2D eigenvalue weighted by atomic mass is 10.2. The standard InChI is InChI=1S/C21H18N4O2/c1-15-4-9-20-23-18(13-25(20)12-15)14-27-19-7-5-16(6-8-19)21(26)24-17-3-2-10-22-11-17/h2-13H,14H2,1H3,(H,24,26). The average Bonchev–Trinajstić information content (AvgIpc) is 3.09. The van der Waals surface area contributed by atoms with Crippen LogP contribution < -0.4 is 10.1 Å². The molecule has 0 radical (unpaired) electrons. The van der Waals surface area contributed by atoms with Gasteiger partial charge in [0, 0.05) is 24.2 Å². The third kappa shape index (κ3) is 3.95. The second-order valence-electron chi connectivity index (χ2n) is 6.21. The Morgan fingerprint density at radius 2 is 1.96 bits per heavy atom. The molecule has 134 valence electrons. The van der Waals surface area contributed by atoms with Gasteiger partial charge >= 0.3 is 0 Å². The average molecular weight is 358 g/mol. The molecule has 6 heteroatoms. The Bertz CT molecular complexity index is 1070. The monoisotopic (exact) mass is 358 g/mol. The summed E-state index contributed by atoms with van der Waals surface area (Å²) in [7, 11) is 0. The maximum absolute atomic E-state index is 12.2. The van der Waals surface area contributed by atoms with Crippen molar-refractivity contribution in [3.05, 3.63) is 90.1 Å². The van der Waals surface area contributed by atoms with E-state index in [-0.39, 0.29) is 5.91 Å². The van der Waals surface area contributed by atoms with Crippen molar-refractivity contribution in [2.45, 2.75) is 13.5 Å². The van der Waals surface area contributed by atoms with E-state index in [4.69, 9.17) is 4.74 Å². The number of imidazole rings is 1. The summed E-state index contributed by atoms with van der Waals surface area (Å²) >= 11 is 0. The molecule has 0 unspecified atom stereocenters. The van der Waals surface area contributed by atoms with E-state index < -0.39 is 0 Å². The summed E-state index contributed by atoms with van der Waals surface area (Å²) in [5, 5.41) is 2.80. The molecule has 0 spiro atoms. The van der Waals surface area contributed by atoms with Crippen LogP contribution in [0.2, 0.25) is 0 Å². The fourth-order valence-corrected chi connectivity index (χ4v) is 2.72. The Morgan fingerprint density at radius 1 is 1.11 bits per heavy atom. The number of benzene rings is 1. The largest absolute Gasteiger partial charge is 0.487 e. The van der Waals surface area contributed by atoms with E-state index in [2.05, 4.69) is 15.3 Å². The Morgan fingerprint density at radius 3 is 2.74 bits per heavy atom. The third-order valence-corrected chi connectivity index (χ3v) is 4.07. The smallest absolute Gasteiger partial charge is 0.255 e. The van der Waals surface area contributed by atoms with Gasteiger partial charge in [0.05, 0.1) is 17.6 Å². The van der Waals surface area contributed by atoms with Crippen LogP contribution >= 0.6 is 0 Å². The van der Waals surface area contributed by atoms with Crippen molar-refractivity contribution in [2.75, 3.05) is 5.32 Å². The van der Waals surface area contributed by atoms with E-state index in [9.17, 15) is 4.79 Å². The van der Waals surface area contributed by atoms with Gasteiger partial charge in [-0.15, -0.1) is 0 Å². The summed E-state index contributed by atoms with van der Waals surface area (Å²) < 4.78 is 7.77. The molecule has 1 amide bonds. The molecule has 1 aromatic carbocycles. The molecule has 0 fully saturated rings. The Kier molecular flexibility index (Phi) is 4.53. The summed E-state index contributed by atoms with van der Waals surface area (Å²) in [5.74, 6) is 0.492. The van der Waals surface area contributed by atoms with Gasteiger partial charge in [-0.3, -0.25) is 9.78 Å². The van der Waals surface area contributed by atoms with Gasteiger partial charge in [-0.2, -0.15) is 0 Å². The summed E-state index contributed by atoms with van der Waals surface area (Å²) in [6, 6.07) is 14.6. The predicted octanol–water partition coefficient (Wildman–Crippen LogP) is 3.87. The van der Waals surface area contributed by atoms with Crippen molar-refractivity contribution in [1.29, 1.82) is 0 Å². The van der Waals surface area contributed by atoms with E-state index in [1.807, 2.05) is 35.9 Å². The molecule has 0 aliphatic carbocycles. The quantitative estimate of drug-likeness (QED) is 0.588. The maximum atomic E-state index is 12.2. The first-order valence-electron chi connectivity index (χ1n) is 8.56. The normalized spacial score (nSPS) is 10.7. The van der Waals surface area contributed by atoms with Crippen molar-refractivity contribution in [1.82, 2.24) is 14.4 Å². The molecule has 0 atom stereocenters. The lowest BCUT2D eigenvalue weighted by molar-refractivity contribution is 0.102. The number of aryl methyl sites for hydroxylation is 1. The number of carbonyl (C=O) groups is 1. The molecule has 4 aromatic rings. The molecular formula is C21H18N4O2. The molecule has 0 saturated heterocycles. The van der Waals surface area contributed by atoms with E-state index in [0.29, 0.717) is 23.6 Å². The van der Waals surface area contributed by atoms with Gasteiger partial charge in [0.25, 0.3) is 5.91 Å². The molecule has 4 rings (SSSR count). The van der Waals surface area contributed by atoms with E-state index >= 15 is 0 Å². The molecule has 3 heterocycles. The zero-order valence-corrected chi connectivity index (χ0v) is 14.8. The highest BCUT2D eigenvalue weighted by molar-refractivity contribution is 6.04. The van der Waals surface area contributed by atoms with Crippen molar-refractivity contribution in [2.24, 2.45) is 0 Å². The summed E-state index contributed by atoms with van der Waals surface area (Å²) in [4.78, 5) is 20.7. The molecule has 0 aliphatic heterocycles. The number of rotatable bonds is 5. The predicted molar refractivity (Wildman–Crippen MR) is 103 cm³/mol. The highest BCUT2D eigenvalue weighted by Gasteiger charge is 2.07. The van der Waals surface area contributed by atoms with Crippen molar-refractivity contribution in [3.8, 4) is 5.75 Å². The number of nitrogens with zero attached hydrogens (tertiary/aromatic N) is 3. The topological polar surface area (TPSA) is 68.5 Å². The number of aromatic nitrogens is 3. The minimum absolute atomic E-state index is 0.190. The Hall–Kier alpha value is -3.67. The highest BCUT2D eigenvalue weighted by Crippen LogP contribution is 2.16. The van der Waals surface area contributed by atoms with Gasteiger partial charge in [0.1, 0.15) is 18.0 Å². The first-order valence-corrected chi connectivity index (χ1v) is 8.56. The van der Waals surface area contributed by atoms with Crippen molar-refractivity contribution < 1.29 is 9.53 Å².